The summed E-state index contributed by atoms with van der Waals surface area (Å²) in [6, 6.07) is 4.23. The molecule has 0 bridgehead atoms. The first-order valence-corrected chi connectivity index (χ1v) is 8.46. The van der Waals surface area contributed by atoms with Gasteiger partial charge in [0.05, 0.1) is 17.9 Å². The normalized spacial score (nSPS) is 19.3. The highest BCUT2D eigenvalue weighted by Crippen LogP contribution is 2.26. The van der Waals surface area contributed by atoms with Crippen molar-refractivity contribution in [3.8, 4) is 0 Å². The maximum atomic E-state index is 12.6. The molecule has 0 unspecified atom stereocenters. The van der Waals surface area contributed by atoms with E-state index >= 15 is 0 Å². The van der Waals surface area contributed by atoms with Crippen LogP contribution < -0.4 is 5.32 Å². The van der Waals surface area contributed by atoms with E-state index < -0.39 is 0 Å². The molecule has 1 aliphatic heterocycles. The fourth-order valence-electron chi connectivity index (χ4n) is 2.82. The molecule has 3 heterocycles. The van der Waals surface area contributed by atoms with Crippen LogP contribution in [-0.2, 0) is 18.2 Å². The molecule has 118 valence electrons. The van der Waals surface area contributed by atoms with Crippen LogP contribution in [0.5, 0.6) is 0 Å². The highest BCUT2D eigenvalue weighted by molar-refractivity contribution is 7.09. The number of aryl methyl sites for hydroxylation is 1. The number of thiophene rings is 1. The molecule has 2 aromatic rings. The molecule has 1 amide bonds. The van der Waals surface area contributed by atoms with Gasteiger partial charge in [-0.1, -0.05) is 6.07 Å². The molecule has 5 nitrogen and oxygen atoms in total. The molecule has 0 saturated carbocycles. The second kappa shape index (κ2) is 6.62. The summed E-state index contributed by atoms with van der Waals surface area (Å²) >= 11 is 1.72. The highest BCUT2D eigenvalue weighted by Gasteiger charge is 2.27. The maximum absolute atomic E-state index is 12.6. The number of aromatic nitrogens is 2. The molecule has 1 saturated heterocycles. The van der Waals surface area contributed by atoms with Gasteiger partial charge in [-0.05, 0) is 24.8 Å². The number of hydrogen-bond donors (Lipinski definition) is 1. The van der Waals surface area contributed by atoms with Gasteiger partial charge in [-0.25, -0.2) is 0 Å². The van der Waals surface area contributed by atoms with Crippen LogP contribution in [-0.4, -0.2) is 34.9 Å². The zero-order valence-electron chi connectivity index (χ0n) is 12.9. The average molecular weight is 319 g/mol. The lowest BCUT2D eigenvalue weighted by Gasteiger charge is -2.14. The average Bonchev–Trinajstić information content (AvgIpc) is 3.17. The Kier molecular flexibility index (Phi) is 4.59. The Morgan fingerprint density at radius 3 is 3.18 bits per heavy atom. The Bertz CT molecular complexity index is 630. The van der Waals surface area contributed by atoms with Gasteiger partial charge in [0.2, 0.25) is 0 Å². The molecule has 0 aromatic carbocycles. The van der Waals surface area contributed by atoms with Crippen molar-refractivity contribution in [1.29, 1.82) is 0 Å². The minimum atomic E-state index is -0.0425. The summed E-state index contributed by atoms with van der Waals surface area (Å²) in [6.07, 6.45) is 3.59. The van der Waals surface area contributed by atoms with Crippen LogP contribution >= 0.6 is 11.3 Å². The van der Waals surface area contributed by atoms with Crippen molar-refractivity contribution in [2.45, 2.75) is 31.7 Å². The second-order valence-corrected chi connectivity index (χ2v) is 6.85. The number of carbonyl (C=O) groups excluding carboxylic acids is 1. The Labute approximate surface area is 134 Å². The van der Waals surface area contributed by atoms with Gasteiger partial charge in [0.1, 0.15) is 0 Å². The zero-order valence-corrected chi connectivity index (χ0v) is 13.7. The van der Waals surface area contributed by atoms with Crippen molar-refractivity contribution in [2.24, 2.45) is 7.05 Å². The van der Waals surface area contributed by atoms with Gasteiger partial charge in [0.15, 0.2) is 0 Å². The molecule has 6 heteroatoms. The summed E-state index contributed by atoms with van der Waals surface area (Å²) in [7, 11) is 1.85. The summed E-state index contributed by atoms with van der Waals surface area (Å²) < 4.78 is 7.14. The Hall–Kier alpha value is -1.66. The minimum Gasteiger partial charge on any atom is -0.381 e. The summed E-state index contributed by atoms with van der Waals surface area (Å²) in [5, 5.41) is 9.62. The predicted octanol–water partition coefficient (Wildman–Crippen LogP) is 2.35. The lowest BCUT2D eigenvalue weighted by Crippen LogP contribution is -2.34. The highest BCUT2D eigenvalue weighted by atomic mass is 32.1. The lowest BCUT2D eigenvalue weighted by molar-refractivity contribution is 0.0938. The van der Waals surface area contributed by atoms with Crippen LogP contribution in [0.1, 0.15) is 40.2 Å². The first kappa shape index (κ1) is 15.2. The number of amides is 1. The molecule has 22 heavy (non-hydrogen) atoms. The van der Waals surface area contributed by atoms with Crippen molar-refractivity contribution in [3.05, 3.63) is 39.8 Å². The largest absolute Gasteiger partial charge is 0.381 e. The van der Waals surface area contributed by atoms with E-state index in [2.05, 4.69) is 21.9 Å². The lowest BCUT2D eigenvalue weighted by atomic mass is 10.0. The summed E-state index contributed by atoms with van der Waals surface area (Å²) in [5.74, 6) is 0.189. The van der Waals surface area contributed by atoms with Crippen LogP contribution in [0.3, 0.4) is 0 Å². The Morgan fingerprint density at radius 1 is 1.64 bits per heavy atom. The van der Waals surface area contributed by atoms with E-state index in [1.54, 1.807) is 22.2 Å². The predicted molar refractivity (Wildman–Crippen MR) is 86.3 cm³/mol. The van der Waals surface area contributed by atoms with Gasteiger partial charge in [-0.2, -0.15) is 5.10 Å². The van der Waals surface area contributed by atoms with Gasteiger partial charge >= 0.3 is 0 Å². The first-order chi connectivity index (χ1) is 10.6. The number of nitrogens with zero attached hydrogens (tertiary/aromatic N) is 2. The SMILES string of the molecule is C[C@H](Cc1cccs1)NC(=O)c1cn(C)nc1[C@@H]1CCOC1. The molecule has 2 atom stereocenters. The van der Waals surface area contributed by atoms with E-state index in [0.29, 0.717) is 12.2 Å². The van der Waals surface area contributed by atoms with Crippen LogP contribution in [0.4, 0.5) is 0 Å². The number of ether oxygens (including phenoxy) is 1. The third kappa shape index (κ3) is 3.39. The molecule has 2 aromatic heterocycles. The van der Waals surface area contributed by atoms with Crippen LogP contribution in [0, 0.1) is 0 Å². The fraction of sp³-hybridized carbons (Fsp3) is 0.500. The number of rotatable bonds is 5. The van der Waals surface area contributed by atoms with Crippen molar-refractivity contribution < 1.29 is 9.53 Å². The molecule has 0 aliphatic carbocycles. The van der Waals surface area contributed by atoms with E-state index in [-0.39, 0.29) is 17.9 Å². The van der Waals surface area contributed by atoms with Gasteiger partial charge in [0.25, 0.3) is 5.91 Å². The third-order valence-electron chi connectivity index (χ3n) is 3.88. The molecule has 1 fully saturated rings. The summed E-state index contributed by atoms with van der Waals surface area (Å²) in [5.41, 5.74) is 1.54. The number of carbonyl (C=O) groups is 1. The summed E-state index contributed by atoms with van der Waals surface area (Å²) in [6.45, 7) is 3.44. The number of hydrogen-bond acceptors (Lipinski definition) is 4. The van der Waals surface area contributed by atoms with Crippen molar-refractivity contribution in [3.63, 3.8) is 0 Å². The molecule has 0 spiro atoms. The molecule has 1 N–H and O–H groups in total. The minimum absolute atomic E-state index is 0.0425. The molecule has 3 rings (SSSR count). The van der Waals surface area contributed by atoms with Crippen molar-refractivity contribution in [2.75, 3.05) is 13.2 Å². The third-order valence-corrected chi connectivity index (χ3v) is 4.78. The van der Waals surface area contributed by atoms with E-state index in [9.17, 15) is 4.79 Å². The smallest absolute Gasteiger partial charge is 0.254 e. The first-order valence-electron chi connectivity index (χ1n) is 7.58. The molecule has 1 aliphatic rings. The Balaban J connectivity index is 1.69. The monoisotopic (exact) mass is 319 g/mol. The zero-order chi connectivity index (χ0) is 15.5. The van der Waals surface area contributed by atoms with E-state index in [4.69, 9.17) is 4.74 Å². The van der Waals surface area contributed by atoms with E-state index in [0.717, 1.165) is 25.1 Å². The maximum Gasteiger partial charge on any atom is 0.254 e. The summed E-state index contributed by atoms with van der Waals surface area (Å²) in [4.78, 5) is 13.9. The standard InChI is InChI=1S/C16H21N3O2S/c1-11(8-13-4-3-7-22-13)17-16(20)14-9-19(2)18-15(14)12-5-6-21-10-12/h3-4,7,9,11-12H,5-6,8,10H2,1-2H3,(H,17,20)/t11-,12-/m1/s1. The molecular formula is C16H21N3O2S. The van der Waals surface area contributed by atoms with Gasteiger partial charge < -0.3 is 10.1 Å². The van der Waals surface area contributed by atoms with Gasteiger partial charge in [-0.3, -0.25) is 9.48 Å². The molecule has 0 radical (unpaired) electrons. The van der Waals surface area contributed by atoms with E-state index in [1.165, 1.54) is 4.88 Å². The van der Waals surface area contributed by atoms with Gasteiger partial charge in [-0.15, -0.1) is 11.3 Å². The Morgan fingerprint density at radius 2 is 2.50 bits per heavy atom. The van der Waals surface area contributed by atoms with Crippen LogP contribution in [0.2, 0.25) is 0 Å². The van der Waals surface area contributed by atoms with Crippen molar-refractivity contribution in [1.82, 2.24) is 15.1 Å². The topological polar surface area (TPSA) is 56.2 Å². The molecular weight excluding hydrogens is 298 g/mol. The fourth-order valence-corrected chi connectivity index (χ4v) is 3.65. The number of nitrogens with one attached hydrogen (secondary N) is 1. The second-order valence-electron chi connectivity index (χ2n) is 5.82. The van der Waals surface area contributed by atoms with Crippen LogP contribution in [0.15, 0.2) is 23.7 Å². The quantitative estimate of drug-likeness (QED) is 0.920. The van der Waals surface area contributed by atoms with Gasteiger partial charge in [0, 0.05) is 43.1 Å². The van der Waals surface area contributed by atoms with E-state index in [1.807, 2.05) is 20.0 Å². The van der Waals surface area contributed by atoms with Crippen LogP contribution in [0.25, 0.3) is 0 Å². The van der Waals surface area contributed by atoms with Crippen molar-refractivity contribution >= 4 is 17.2 Å².